The number of thiophene rings is 1. The normalized spacial score (nSPS) is 16.2. The van der Waals surface area contributed by atoms with Gasteiger partial charge in [-0.25, -0.2) is 4.99 Å². The summed E-state index contributed by atoms with van der Waals surface area (Å²) in [4.78, 5) is 21.9. The number of guanidine groups is 1. The van der Waals surface area contributed by atoms with Crippen LogP contribution in [0.4, 0.5) is 0 Å². The second-order valence-electron chi connectivity index (χ2n) is 7.09. The number of nitrogens with one attached hydrogen (secondary N) is 2. The first-order chi connectivity index (χ1) is 13.6. The van der Waals surface area contributed by atoms with Crippen LogP contribution in [-0.2, 0) is 9.53 Å². The molecule has 1 unspecified atom stereocenters. The minimum atomic E-state index is -0.00948. The Bertz CT molecular complexity index is 585. The van der Waals surface area contributed by atoms with Gasteiger partial charge in [0, 0.05) is 45.3 Å². The molecule has 0 radical (unpaired) electrons. The van der Waals surface area contributed by atoms with Crippen molar-refractivity contribution in [1.29, 1.82) is 0 Å². The van der Waals surface area contributed by atoms with Crippen LogP contribution in [0.3, 0.4) is 0 Å². The molecule has 28 heavy (non-hydrogen) atoms. The van der Waals surface area contributed by atoms with Crippen LogP contribution in [0.2, 0.25) is 0 Å². The summed E-state index contributed by atoms with van der Waals surface area (Å²) in [6, 6.07) is 4.65. The molecule has 2 heterocycles. The van der Waals surface area contributed by atoms with E-state index in [1.54, 1.807) is 30.3 Å². The zero-order chi connectivity index (χ0) is 20.2. The number of hydrogen-bond acceptors (Lipinski definition) is 5. The molecule has 1 aliphatic heterocycles. The number of nitrogens with zero attached hydrogens (tertiary/aromatic N) is 3. The highest BCUT2D eigenvalue weighted by atomic mass is 32.1. The fraction of sp³-hybridized carbons (Fsp3) is 0.700. The number of aliphatic imine (C=N–C) groups is 1. The van der Waals surface area contributed by atoms with E-state index in [9.17, 15) is 4.79 Å². The van der Waals surface area contributed by atoms with Gasteiger partial charge < -0.3 is 20.3 Å². The summed E-state index contributed by atoms with van der Waals surface area (Å²) in [5.41, 5.74) is 0. The van der Waals surface area contributed by atoms with Crippen molar-refractivity contribution in [2.75, 3.05) is 60.0 Å². The lowest BCUT2D eigenvalue weighted by Gasteiger charge is -2.27. The highest BCUT2D eigenvalue weighted by Crippen LogP contribution is 2.27. The van der Waals surface area contributed by atoms with E-state index in [-0.39, 0.29) is 12.5 Å². The van der Waals surface area contributed by atoms with Crippen molar-refractivity contribution in [2.45, 2.75) is 32.2 Å². The Morgan fingerprint density at radius 3 is 2.79 bits per heavy atom. The molecule has 7 nitrogen and oxygen atoms in total. The first-order valence-corrected chi connectivity index (χ1v) is 11.1. The molecule has 2 rings (SSSR count). The number of carbonyl (C=O) groups excluding carboxylic acids is 1. The fourth-order valence-electron chi connectivity index (χ4n) is 3.12. The fourth-order valence-corrected chi connectivity index (χ4v) is 3.99. The smallest absolute Gasteiger partial charge is 0.243 e. The summed E-state index contributed by atoms with van der Waals surface area (Å²) >= 11 is 1.80. The maximum atomic E-state index is 11.9. The van der Waals surface area contributed by atoms with E-state index >= 15 is 0 Å². The highest BCUT2D eigenvalue weighted by molar-refractivity contribution is 7.10. The van der Waals surface area contributed by atoms with Gasteiger partial charge in [-0.3, -0.25) is 9.69 Å². The van der Waals surface area contributed by atoms with Crippen molar-refractivity contribution in [3.63, 3.8) is 0 Å². The third-order valence-electron chi connectivity index (χ3n) is 4.75. The quantitative estimate of drug-likeness (QED) is 0.332. The topological polar surface area (TPSA) is 69.2 Å². The molecule has 1 atom stereocenters. The lowest BCUT2D eigenvalue weighted by molar-refractivity contribution is -0.127. The number of ether oxygens (including phenoxy) is 1. The third kappa shape index (κ3) is 7.77. The molecule has 1 aromatic rings. The minimum Gasteiger partial charge on any atom is -0.382 e. The molecular weight excluding hydrogens is 374 g/mol. The Morgan fingerprint density at radius 2 is 2.14 bits per heavy atom. The molecule has 0 aliphatic carbocycles. The van der Waals surface area contributed by atoms with E-state index in [1.165, 1.54) is 17.7 Å². The Kier molecular flexibility index (Phi) is 10.3. The molecule has 158 valence electrons. The van der Waals surface area contributed by atoms with Gasteiger partial charge in [-0.15, -0.1) is 11.3 Å². The van der Waals surface area contributed by atoms with E-state index in [0.29, 0.717) is 12.0 Å². The van der Waals surface area contributed by atoms with Crippen LogP contribution in [0.15, 0.2) is 22.5 Å². The molecule has 0 spiro atoms. The molecule has 2 N–H and O–H groups in total. The second-order valence-corrected chi connectivity index (χ2v) is 8.06. The molecule has 0 aromatic carbocycles. The molecule has 1 aromatic heterocycles. The van der Waals surface area contributed by atoms with E-state index in [0.717, 1.165) is 45.8 Å². The van der Waals surface area contributed by atoms with Crippen molar-refractivity contribution in [2.24, 2.45) is 4.99 Å². The predicted octanol–water partition coefficient (Wildman–Crippen LogP) is 1.94. The highest BCUT2D eigenvalue weighted by Gasteiger charge is 2.24. The van der Waals surface area contributed by atoms with Crippen molar-refractivity contribution in [3.8, 4) is 0 Å². The maximum Gasteiger partial charge on any atom is 0.243 e. The molecule has 1 aliphatic rings. The van der Waals surface area contributed by atoms with Gasteiger partial charge in [-0.05, 0) is 50.7 Å². The lowest BCUT2D eigenvalue weighted by atomic mass is 10.2. The van der Waals surface area contributed by atoms with E-state index in [4.69, 9.17) is 4.74 Å². The maximum absolute atomic E-state index is 11.9. The van der Waals surface area contributed by atoms with Gasteiger partial charge in [0.2, 0.25) is 5.91 Å². The van der Waals surface area contributed by atoms with Crippen molar-refractivity contribution in [3.05, 3.63) is 22.4 Å². The number of carbonyl (C=O) groups is 1. The van der Waals surface area contributed by atoms with Gasteiger partial charge in [0.15, 0.2) is 5.96 Å². The Hall–Kier alpha value is -1.64. The third-order valence-corrected chi connectivity index (χ3v) is 5.72. The minimum absolute atomic E-state index is 0.00948. The first kappa shape index (κ1) is 22.6. The van der Waals surface area contributed by atoms with Gasteiger partial charge in [0.05, 0.1) is 6.04 Å². The number of hydrogen-bond donors (Lipinski definition) is 2. The van der Waals surface area contributed by atoms with Crippen molar-refractivity contribution < 1.29 is 9.53 Å². The van der Waals surface area contributed by atoms with Crippen LogP contribution in [0, 0.1) is 0 Å². The lowest BCUT2D eigenvalue weighted by Crippen LogP contribution is -2.43. The molecule has 0 bridgehead atoms. The van der Waals surface area contributed by atoms with Crippen LogP contribution >= 0.6 is 11.3 Å². The number of rotatable bonds is 11. The Labute approximate surface area is 173 Å². The van der Waals surface area contributed by atoms with Gasteiger partial charge in [-0.2, -0.15) is 0 Å². The Morgan fingerprint density at radius 1 is 1.36 bits per heavy atom. The summed E-state index contributed by atoms with van der Waals surface area (Å²) in [5, 5.41) is 8.93. The zero-order valence-corrected chi connectivity index (χ0v) is 18.3. The summed E-state index contributed by atoms with van der Waals surface area (Å²) in [5.74, 6) is 0.678. The van der Waals surface area contributed by atoms with Gasteiger partial charge in [0.25, 0.3) is 0 Å². The summed E-state index contributed by atoms with van der Waals surface area (Å²) < 4.78 is 5.39. The monoisotopic (exact) mass is 409 g/mol. The van der Waals surface area contributed by atoms with Crippen molar-refractivity contribution in [1.82, 2.24) is 20.4 Å². The van der Waals surface area contributed by atoms with Gasteiger partial charge >= 0.3 is 0 Å². The number of amides is 1. The number of likely N-dealkylation sites (tertiary alicyclic amines) is 1. The average molecular weight is 410 g/mol. The molecule has 1 fully saturated rings. The molecular formula is C20H35N5O2S. The summed E-state index contributed by atoms with van der Waals surface area (Å²) in [6.45, 7) is 7.39. The number of likely N-dealkylation sites (N-methyl/N-ethyl adjacent to an activating group) is 1. The van der Waals surface area contributed by atoms with Crippen LogP contribution in [-0.4, -0.2) is 81.7 Å². The van der Waals surface area contributed by atoms with E-state index in [2.05, 4.69) is 38.0 Å². The largest absolute Gasteiger partial charge is 0.382 e. The SMILES string of the molecule is CCOCCCNC(=NCC(=O)N(C)C)NCC(c1cccs1)N1CCCC1. The van der Waals surface area contributed by atoms with Crippen LogP contribution in [0.1, 0.15) is 37.1 Å². The first-order valence-electron chi connectivity index (χ1n) is 10.2. The van der Waals surface area contributed by atoms with E-state index < -0.39 is 0 Å². The molecule has 1 saturated heterocycles. The molecule has 0 saturated carbocycles. The summed E-state index contributed by atoms with van der Waals surface area (Å²) in [6.07, 6.45) is 3.42. The molecule has 1 amide bonds. The average Bonchev–Trinajstić information content (AvgIpc) is 3.39. The zero-order valence-electron chi connectivity index (χ0n) is 17.4. The van der Waals surface area contributed by atoms with Crippen LogP contribution in [0.25, 0.3) is 0 Å². The molecule has 8 heteroatoms. The van der Waals surface area contributed by atoms with E-state index in [1.807, 2.05) is 6.92 Å². The standard InChI is InChI=1S/C20H35N5O2S/c1-4-27-13-8-10-21-20(23-16-19(26)24(2)3)22-15-17(18-9-7-14-28-18)25-11-5-6-12-25/h7,9,14,17H,4-6,8,10-13,15-16H2,1-3H3,(H2,21,22,23). The van der Waals surface area contributed by atoms with Gasteiger partial charge in [0.1, 0.15) is 6.54 Å². The summed E-state index contributed by atoms with van der Waals surface area (Å²) in [7, 11) is 3.50. The Balaban J connectivity index is 1.95. The van der Waals surface area contributed by atoms with Crippen LogP contribution in [0.5, 0.6) is 0 Å². The van der Waals surface area contributed by atoms with Gasteiger partial charge in [-0.1, -0.05) is 6.07 Å². The predicted molar refractivity (Wildman–Crippen MR) is 116 cm³/mol. The second kappa shape index (κ2) is 12.7. The van der Waals surface area contributed by atoms with Crippen LogP contribution < -0.4 is 10.6 Å². The van der Waals surface area contributed by atoms with Crippen molar-refractivity contribution >= 4 is 23.2 Å².